The van der Waals surface area contributed by atoms with Gasteiger partial charge in [-0.2, -0.15) is 0 Å². The molecule has 0 atom stereocenters. The summed E-state index contributed by atoms with van der Waals surface area (Å²) in [4.78, 5) is 17.0. The number of carbonyl (C=O) groups is 1. The first-order valence-electron chi connectivity index (χ1n) is 8.18. The topological polar surface area (TPSA) is 42.0 Å². The molecule has 0 unspecified atom stereocenters. The van der Waals surface area contributed by atoms with Gasteiger partial charge in [0.1, 0.15) is 10.8 Å². The van der Waals surface area contributed by atoms with Gasteiger partial charge in [0.05, 0.1) is 16.8 Å². The molecule has 0 radical (unpaired) electrons. The average molecular weight is 362 g/mol. The quantitative estimate of drug-likeness (QED) is 0.484. The van der Waals surface area contributed by atoms with Crippen LogP contribution < -0.4 is 5.32 Å². The Balaban J connectivity index is 1.58. The van der Waals surface area contributed by atoms with Crippen LogP contribution in [0.5, 0.6) is 0 Å². The fourth-order valence-corrected chi connectivity index (χ4v) is 3.73. The number of nitrogens with one attached hydrogen (secondary N) is 1. The number of nitrogens with zero attached hydrogens (tertiary/aromatic N) is 1. The Morgan fingerprint density at radius 1 is 0.962 bits per heavy atom. The van der Waals surface area contributed by atoms with Crippen LogP contribution in [0.15, 0.2) is 72.8 Å². The second kappa shape index (κ2) is 7.06. The number of ketones is 1. The lowest BCUT2D eigenvalue weighted by Gasteiger charge is -2.10. The van der Waals surface area contributed by atoms with Gasteiger partial charge >= 0.3 is 0 Å². The highest BCUT2D eigenvalue weighted by Gasteiger charge is 2.12. The first kappa shape index (κ1) is 16.4. The van der Waals surface area contributed by atoms with E-state index in [1.54, 1.807) is 11.3 Å². The third-order valence-electron chi connectivity index (χ3n) is 4.06. The number of benzene rings is 3. The number of carbonyl (C=O) groups excluding carboxylic acids is 1. The van der Waals surface area contributed by atoms with Crippen molar-refractivity contribution in [2.45, 2.75) is 0 Å². The largest absolute Gasteiger partial charge is 0.377 e. The normalized spacial score (nSPS) is 10.8. The highest BCUT2D eigenvalue weighted by atomic mass is 32.1. The van der Waals surface area contributed by atoms with Crippen LogP contribution in [0.2, 0.25) is 0 Å². The maximum Gasteiger partial charge on any atom is 0.181 e. The van der Waals surface area contributed by atoms with Gasteiger partial charge in [-0.25, -0.2) is 9.37 Å². The van der Waals surface area contributed by atoms with Crippen molar-refractivity contribution in [1.29, 1.82) is 0 Å². The number of thiazole rings is 1. The molecule has 1 heterocycles. The van der Waals surface area contributed by atoms with Crippen molar-refractivity contribution >= 4 is 33.0 Å². The summed E-state index contributed by atoms with van der Waals surface area (Å²) in [6.07, 6.45) is 0. The molecular weight excluding hydrogens is 347 g/mol. The van der Waals surface area contributed by atoms with Crippen molar-refractivity contribution in [2.24, 2.45) is 0 Å². The number of halogens is 1. The molecule has 5 heteroatoms. The van der Waals surface area contributed by atoms with Crippen LogP contribution in [-0.4, -0.2) is 17.3 Å². The molecule has 3 nitrogen and oxygen atoms in total. The molecule has 0 amide bonds. The SMILES string of the molecule is O=C(CNc1ccccc1-c1nc2ccccc2s1)c1ccc(F)cc1. The van der Waals surface area contributed by atoms with Gasteiger partial charge in [-0.05, 0) is 48.5 Å². The maximum atomic E-state index is 13.0. The molecular formula is C21H15FN2OS. The van der Waals surface area contributed by atoms with Gasteiger partial charge in [-0.3, -0.25) is 4.79 Å². The summed E-state index contributed by atoms with van der Waals surface area (Å²) in [7, 11) is 0. The van der Waals surface area contributed by atoms with E-state index in [2.05, 4.69) is 5.32 Å². The summed E-state index contributed by atoms with van der Waals surface area (Å²) in [6.45, 7) is 0.132. The van der Waals surface area contributed by atoms with E-state index in [1.807, 2.05) is 48.5 Å². The summed E-state index contributed by atoms with van der Waals surface area (Å²) >= 11 is 1.62. The highest BCUT2D eigenvalue weighted by Crippen LogP contribution is 2.34. The van der Waals surface area contributed by atoms with Gasteiger partial charge in [0.2, 0.25) is 0 Å². The number of para-hydroxylation sites is 2. The Morgan fingerprint density at radius 2 is 1.69 bits per heavy atom. The summed E-state index contributed by atoms with van der Waals surface area (Å²) < 4.78 is 14.1. The van der Waals surface area contributed by atoms with Crippen molar-refractivity contribution in [3.8, 4) is 10.6 Å². The summed E-state index contributed by atoms with van der Waals surface area (Å²) in [5.74, 6) is -0.445. The van der Waals surface area contributed by atoms with Crippen LogP contribution in [0, 0.1) is 5.82 Å². The van der Waals surface area contributed by atoms with E-state index in [4.69, 9.17) is 4.98 Å². The molecule has 26 heavy (non-hydrogen) atoms. The molecule has 0 saturated carbocycles. The minimum atomic E-state index is -0.351. The van der Waals surface area contributed by atoms with Gasteiger partial charge in [0, 0.05) is 16.8 Å². The van der Waals surface area contributed by atoms with E-state index < -0.39 is 0 Å². The van der Waals surface area contributed by atoms with Crippen LogP contribution in [-0.2, 0) is 0 Å². The van der Waals surface area contributed by atoms with Gasteiger partial charge in [0.25, 0.3) is 0 Å². The zero-order valence-electron chi connectivity index (χ0n) is 13.8. The molecule has 0 saturated heterocycles. The van der Waals surface area contributed by atoms with Crippen LogP contribution in [0.3, 0.4) is 0 Å². The Hall–Kier alpha value is -3.05. The van der Waals surface area contributed by atoms with Crippen LogP contribution in [0.4, 0.5) is 10.1 Å². The van der Waals surface area contributed by atoms with Crippen molar-refractivity contribution in [3.63, 3.8) is 0 Å². The Labute approximate surface area is 154 Å². The number of aromatic nitrogens is 1. The fourth-order valence-electron chi connectivity index (χ4n) is 2.72. The molecule has 0 aliphatic rings. The monoisotopic (exact) mass is 362 g/mol. The van der Waals surface area contributed by atoms with E-state index in [9.17, 15) is 9.18 Å². The van der Waals surface area contributed by atoms with Crippen LogP contribution in [0.1, 0.15) is 10.4 Å². The molecule has 0 fully saturated rings. The lowest BCUT2D eigenvalue weighted by atomic mass is 10.1. The minimum absolute atomic E-state index is 0.0934. The van der Waals surface area contributed by atoms with Gasteiger partial charge in [0.15, 0.2) is 5.78 Å². The van der Waals surface area contributed by atoms with Gasteiger partial charge < -0.3 is 5.32 Å². The second-order valence-electron chi connectivity index (χ2n) is 5.82. The Kier molecular flexibility index (Phi) is 4.46. The minimum Gasteiger partial charge on any atom is -0.377 e. The zero-order valence-corrected chi connectivity index (χ0v) is 14.6. The first-order chi connectivity index (χ1) is 12.7. The number of hydrogen-bond donors (Lipinski definition) is 1. The van der Waals surface area contributed by atoms with Crippen LogP contribution in [0.25, 0.3) is 20.8 Å². The molecule has 0 spiro atoms. The summed E-state index contributed by atoms with van der Waals surface area (Å²) in [5.41, 5.74) is 3.25. The molecule has 3 aromatic carbocycles. The summed E-state index contributed by atoms with van der Waals surface area (Å²) in [6, 6.07) is 21.4. The molecule has 4 aromatic rings. The van der Waals surface area contributed by atoms with Gasteiger partial charge in [-0.1, -0.05) is 24.3 Å². The van der Waals surface area contributed by atoms with Crippen molar-refractivity contribution < 1.29 is 9.18 Å². The van der Waals surface area contributed by atoms with E-state index in [-0.39, 0.29) is 18.1 Å². The number of Topliss-reactive ketones (excluding diaryl/α,β-unsaturated/α-hetero) is 1. The van der Waals surface area contributed by atoms with E-state index in [1.165, 1.54) is 24.3 Å². The van der Waals surface area contributed by atoms with E-state index >= 15 is 0 Å². The van der Waals surface area contributed by atoms with Crippen LogP contribution >= 0.6 is 11.3 Å². The number of hydrogen-bond acceptors (Lipinski definition) is 4. The Bertz CT molecular complexity index is 1040. The standard InChI is InChI=1S/C21H15FN2OS/c22-15-11-9-14(10-12-15)19(25)13-23-17-6-2-1-5-16(17)21-24-18-7-3-4-8-20(18)26-21/h1-12,23H,13H2. The Morgan fingerprint density at radius 3 is 2.50 bits per heavy atom. The highest BCUT2D eigenvalue weighted by molar-refractivity contribution is 7.21. The molecule has 4 rings (SSSR count). The number of fused-ring (bicyclic) bond motifs is 1. The van der Waals surface area contributed by atoms with E-state index in [0.717, 1.165) is 26.5 Å². The fraction of sp³-hybridized carbons (Fsp3) is 0.0476. The van der Waals surface area contributed by atoms with Gasteiger partial charge in [-0.15, -0.1) is 11.3 Å². The van der Waals surface area contributed by atoms with Crippen molar-refractivity contribution in [2.75, 3.05) is 11.9 Å². The zero-order chi connectivity index (χ0) is 17.9. The molecule has 1 N–H and O–H groups in total. The molecule has 0 aliphatic heterocycles. The molecule has 0 bridgehead atoms. The number of anilines is 1. The smallest absolute Gasteiger partial charge is 0.181 e. The lowest BCUT2D eigenvalue weighted by molar-refractivity contribution is 0.101. The molecule has 0 aliphatic carbocycles. The lowest BCUT2D eigenvalue weighted by Crippen LogP contribution is -2.14. The second-order valence-corrected chi connectivity index (χ2v) is 6.85. The predicted molar refractivity (Wildman–Crippen MR) is 104 cm³/mol. The first-order valence-corrected chi connectivity index (χ1v) is 9.00. The average Bonchev–Trinajstić information content (AvgIpc) is 3.11. The number of rotatable bonds is 5. The van der Waals surface area contributed by atoms with Crippen molar-refractivity contribution in [1.82, 2.24) is 4.98 Å². The summed E-state index contributed by atoms with van der Waals surface area (Å²) in [5, 5.41) is 4.10. The van der Waals surface area contributed by atoms with E-state index in [0.29, 0.717) is 5.56 Å². The van der Waals surface area contributed by atoms with Crippen molar-refractivity contribution in [3.05, 3.63) is 84.2 Å². The maximum absolute atomic E-state index is 13.0. The third-order valence-corrected chi connectivity index (χ3v) is 5.13. The molecule has 128 valence electrons. The third kappa shape index (κ3) is 3.34. The molecule has 1 aromatic heterocycles. The predicted octanol–water partition coefficient (Wildman–Crippen LogP) is 5.40.